The standard InChI is InChI=1S/C31H60O4/c1-5-9-18-26(7-3)24-29(25-27(8-4)19-10-6-2)28(22-23-31(34)35)20-16-14-12-11-13-15-17-21-30(32)33/h26-29H,5-25H2,1-4H3,(H,32,33)(H,34,35). The number of carbonyl (C=O) groups is 2. The maximum absolute atomic E-state index is 11.5. The number of unbranched alkanes of at least 4 members (excludes halogenated alkanes) is 8. The summed E-state index contributed by atoms with van der Waals surface area (Å²) in [6.45, 7) is 9.25. The lowest BCUT2D eigenvalue weighted by molar-refractivity contribution is -0.138. The average molecular weight is 497 g/mol. The van der Waals surface area contributed by atoms with Crippen LogP contribution >= 0.6 is 0 Å². The molecule has 3 atom stereocenters. The van der Waals surface area contributed by atoms with Crippen LogP contribution < -0.4 is 0 Å². The number of hydrogen-bond acceptors (Lipinski definition) is 2. The van der Waals surface area contributed by atoms with E-state index in [0.717, 1.165) is 37.5 Å². The fourth-order valence-corrected chi connectivity index (χ4v) is 5.79. The third-order valence-electron chi connectivity index (χ3n) is 8.22. The van der Waals surface area contributed by atoms with E-state index in [9.17, 15) is 14.7 Å². The van der Waals surface area contributed by atoms with Gasteiger partial charge >= 0.3 is 11.9 Å². The van der Waals surface area contributed by atoms with E-state index >= 15 is 0 Å². The normalized spacial score (nSPS) is 15.0. The molecular weight excluding hydrogens is 436 g/mol. The summed E-state index contributed by atoms with van der Waals surface area (Å²) >= 11 is 0. The first-order chi connectivity index (χ1) is 16.9. The summed E-state index contributed by atoms with van der Waals surface area (Å²) in [4.78, 5) is 22.1. The van der Waals surface area contributed by atoms with E-state index in [4.69, 9.17) is 5.11 Å². The molecule has 208 valence electrons. The Hall–Kier alpha value is -1.06. The molecule has 4 heteroatoms. The zero-order chi connectivity index (χ0) is 26.3. The molecule has 0 aromatic rings. The van der Waals surface area contributed by atoms with E-state index < -0.39 is 11.9 Å². The van der Waals surface area contributed by atoms with Gasteiger partial charge in [-0.2, -0.15) is 0 Å². The lowest BCUT2D eigenvalue weighted by Gasteiger charge is -2.33. The molecule has 0 fully saturated rings. The van der Waals surface area contributed by atoms with Gasteiger partial charge in [0.15, 0.2) is 0 Å². The second-order valence-electron chi connectivity index (χ2n) is 11.2. The van der Waals surface area contributed by atoms with E-state index in [-0.39, 0.29) is 0 Å². The van der Waals surface area contributed by atoms with E-state index in [1.165, 1.54) is 96.3 Å². The van der Waals surface area contributed by atoms with Crippen LogP contribution in [0.25, 0.3) is 0 Å². The van der Waals surface area contributed by atoms with Crippen LogP contribution in [-0.4, -0.2) is 22.2 Å². The van der Waals surface area contributed by atoms with Crippen LogP contribution in [0.1, 0.15) is 163 Å². The fraction of sp³-hybridized carbons (Fsp3) is 0.935. The molecule has 0 saturated heterocycles. The van der Waals surface area contributed by atoms with Crippen LogP contribution in [0.3, 0.4) is 0 Å². The molecule has 4 nitrogen and oxygen atoms in total. The summed E-state index contributed by atoms with van der Waals surface area (Å²) in [6.07, 6.45) is 23.2. The average Bonchev–Trinajstić information content (AvgIpc) is 2.83. The summed E-state index contributed by atoms with van der Waals surface area (Å²) in [5, 5.41) is 18.2. The van der Waals surface area contributed by atoms with Crippen molar-refractivity contribution < 1.29 is 19.8 Å². The Kier molecular flexibility index (Phi) is 22.6. The third kappa shape index (κ3) is 19.8. The highest BCUT2D eigenvalue weighted by Crippen LogP contribution is 2.38. The highest BCUT2D eigenvalue weighted by atomic mass is 16.4. The molecule has 0 aliphatic heterocycles. The first-order valence-corrected chi connectivity index (χ1v) is 15.3. The fourth-order valence-electron chi connectivity index (χ4n) is 5.79. The number of carboxylic acids is 2. The molecule has 0 radical (unpaired) electrons. The van der Waals surface area contributed by atoms with Crippen molar-refractivity contribution in [2.24, 2.45) is 23.7 Å². The predicted molar refractivity (Wildman–Crippen MR) is 149 cm³/mol. The third-order valence-corrected chi connectivity index (χ3v) is 8.22. The van der Waals surface area contributed by atoms with Gasteiger partial charge in [-0.25, -0.2) is 0 Å². The van der Waals surface area contributed by atoms with Crippen molar-refractivity contribution in [3.8, 4) is 0 Å². The highest BCUT2D eigenvalue weighted by Gasteiger charge is 2.27. The lowest BCUT2D eigenvalue weighted by Crippen LogP contribution is -2.23. The minimum atomic E-state index is -0.688. The molecule has 0 aromatic carbocycles. The smallest absolute Gasteiger partial charge is 0.303 e. The largest absolute Gasteiger partial charge is 0.481 e. The Balaban J connectivity index is 5.01. The number of hydrogen-bond donors (Lipinski definition) is 2. The Labute approximate surface area is 218 Å². The van der Waals surface area contributed by atoms with Gasteiger partial charge in [-0.05, 0) is 49.4 Å². The van der Waals surface area contributed by atoms with E-state index in [1.54, 1.807) is 0 Å². The van der Waals surface area contributed by atoms with Crippen LogP contribution in [0.5, 0.6) is 0 Å². The van der Waals surface area contributed by atoms with Gasteiger partial charge in [-0.1, -0.05) is 124 Å². The monoisotopic (exact) mass is 496 g/mol. The summed E-state index contributed by atoms with van der Waals surface area (Å²) in [6, 6.07) is 0. The zero-order valence-corrected chi connectivity index (χ0v) is 23.9. The van der Waals surface area contributed by atoms with Gasteiger partial charge in [0, 0.05) is 12.8 Å². The van der Waals surface area contributed by atoms with Gasteiger partial charge in [-0.15, -0.1) is 0 Å². The van der Waals surface area contributed by atoms with Crippen molar-refractivity contribution in [1.82, 2.24) is 0 Å². The second-order valence-corrected chi connectivity index (χ2v) is 11.2. The number of rotatable bonds is 26. The van der Waals surface area contributed by atoms with E-state index in [1.807, 2.05) is 0 Å². The van der Waals surface area contributed by atoms with Gasteiger partial charge < -0.3 is 10.2 Å². The lowest BCUT2D eigenvalue weighted by atomic mass is 9.72. The molecule has 0 amide bonds. The maximum Gasteiger partial charge on any atom is 0.303 e. The van der Waals surface area contributed by atoms with Crippen molar-refractivity contribution in [3.05, 3.63) is 0 Å². The first-order valence-electron chi connectivity index (χ1n) is 15.3. The quantitative estimate of drug-likeness (QED) is 0.117. The van der Waals surface area contributed by atoms with E-state index in [2.05, 4.69) is 27.7 Å². The second kappa shape index (κ2) is 23.3. The van der Waals surface area contributed by atoms with Crippen LogP contribution in [0.2, 0.25) is 0 Å². The van der Waals surface area contributed by atoms with Crippen LogP contribution in [0.15, 0.2) is 0 Å². The Morgan fingerprint density at radius 2 is 0.971 bits per heavy atom. The minimum Gasteiger partial charge on any atom is -0.481 e. The molecule has 0 heterocycles. The van der Waals surface area contributed by atoms with Gasteiger partial charge in [0.1, 0.15) is 0 Å². The Bertz CT molecular complexity index is 486. The van der Waals surface area contributed by atoms with Crippen LogP contribution in [0, 0.1) is 23.7 Å². The number of aliphatic carboxylic acids is 2. The molecule has 0 rings (SSSR count). The van der Waals surface area contributed by atoms with Crippen molar-refractivity contribution in [2.75, 3.05) is 0 Å². The highest BCUT2D eigenvalue weighted by molar-refractivity contribution is 5.66. The van der Waals surface area contributed by atoms with Crippen molar-refractivity contribution in [3.63, 3.8) is 0 Å². The molecule has 0 aromatic heterocycles. The molecule has 0 aliphatic rings. The summed E-state index contributed by atoms with van der Waals surface area (Å²) in [5.41, 5.74) is 0. The Morgan fingerprint density at radius 1 is 0.514 bits per heavy atom. The molecule has 0 spiro atoms. The minimum absolute atomic E-state index is 0.292. The molecule has 0 saturated carbocycles. The van der Waals surface area contributed by atoms with Crippen molar-refractivity contribution in [2.45, 2.75) is 163 Å². The number of carboxylic acid groups (broad SMARTS) is 2. The predicted octanol–water partition coefficient (Wildman–Crippen LogP) is 9.89. The van der Waals surface area contributed by atoms with E-state index in [0.29, 0.717) is 24.7 Å². The SMILES string of the molecule is CCCCC(CC)CC(CC(CC)CCCC)C(CCCCCCCCCC(=O)O)CCC(=O)O. The van der Waals surface area contributed by atoms with Gasteiger partial charge in [0.2, 0.25) is 0 Å². The topological polar surface area (TPSA) is 74.6 Å². The summed E-state index contributed by atoms with van der Waals surface area (Å²) < 4.78 is 0. The maximum atomic E-state index is 11.5. The van der Waals surface area contributed by atoms with Crippen LogP contribution in [0.4, 0.5) is 0 Å². The van der Waals surface area contributed by atoms with Crippen molar-refractivity contribution >= 4 is 11.9 Å². The molecule has 3 unspecified atom stereocenters. The molecule has 35 heavy (non-hydrogen) atoms. The van der Waals surface area contributed by atoms with Gasteiger partial charge in [0.05, 0.1) is 0 Å². The Morgan fingerprint density at radius 3 is 1.40 bits per heavy atom. The molecule has 0 bridgehead atoms. The van der Waals surface area contributed by atoms with Gasteiger partial charge in [0.25, 0.3) is 0 Å². The molecular formula is C31H60O4. The molecule has 0 aliphatic carbocycles. The van der Waals surface area contributed by atoms with Crippen LogP contribution in [-0.2, 0) is 9.59 Å². The summed E-state index contributed by atoms with van der Waals surface area (Å²) in [5.74, 6) is 1.42. The summed E-state index contributed by atoms with van der Waals surface area (Å²) in [7, 11) is 0. The van der Waals surface area contributed by atoms with Crippen molar-refractivity contribution in [1.29, 1.82) is 0 Å². The molecule has 2 N–H and O–H groups in total. The zero-order valence-electron chi connectivity index (χ0n) is 23.9. The first kappa shape index (κ1) is 33.9. The van der Waals surface area contributed by atoms with Gasteiger partial charge in [-0.3, -0.25) is 9.59 Å².